The summed E-state index contributed by atoms with van der Waals surface area (Å²) in [4.78, 5) is 24.6. The predicted molar refractivity (Wildman–Crippen MR) is 133 cm³/mol. The molecule has 172 valence electrons. The zero-order valence-electron chi connectivity index (χ0n) is 17.8. The van der Waals surface area contributed by atoms with Crippen molar-refractivity contribution < 1.29 is 13.2 Å². The summed E-state index contributed by atoms with van der Waals surface area (Å²) in [5.41, 5.74) is 1.69. The quantitative estimate of drug-likeness (QED) is 0.449. The number of halogens is 2. The Kier molecular flexibility index (Phi) is 7.54. The van der Waals surface area contributed by atoms with Gasteiger partial charge in [-0.05, 0) is 56.7 Å². The number of carbonyl (C=O) groups is 1. The Morgan fingerprint density at radius 2 is 1.91 bits per heavy atom. The van der Waals surface area contributed by atoms with Crippen molar-refractivity contribution in [1.29, 1.82) is 0 Å². The van der Waals surface area contributed by atoms with Crippen molar-refractivity contribution in [2.75, 3.05) is 22.4 Å². The van der Waals surface area contributed by atoms with Gasteiger partial charge in [-0.3, -0.25) is 18.5 Å². The second kappa shape index (κ2) is 9.82. The van der Waals surface area contributed by atoms with Crippen molar-refractivity contribution in [3.8, 4) is 0 Å². The molecule has 7 nitrogen and oxygen atoms in total. The van der Waals surface area contributed by atoms with Gasteiger partial charge >= 0.3 is 4.87 Å². The average Bonchev–Trinajstić information content (AvgIpc) is 3.01. The molecule has 0 spiro atoms. The highest BCUT2D eigenvalue weighted by atomic mass is 35.5. The van der Waals surface area contributed by atoms with Crippen molar-refractivity contribution in [3.63, 3.8) is 0 Å². The lowest BCUT2D eigenvalue weighted by atomic mass is 10.2. The van der Waals surface area contributed by atoms with Crippen LogP contribution in [0.15, 0.2) is 41.2 Å². The number of sulfonamides is 1. The van der Waals surface area contributed by atoms with Crippen LogP contribution in [0.3, 0.4) is 0 Å². The van der Waals surface area contributed by atoms with Gasteiger partial charge in [-0.2, -0.15) is 0 Å². The molecule has 3 aromatic rings. The van der Waals surface area contributed by atoms with Gasteiger partial charge in [0.1, 0.15) is 0 Å². The topological polar surface area (TPSA) is 88.5 Å². The molecule has 0 fully saturated rings. The van der Waals surface area contributed by atoms with Gasteiger partial charge in [0, 0.05) is 29.7 Å². The number of amides is 1. The SMILES string of the molecule is CC(C)n1c(=O)sc2cc(NC(=O)CCCN(c3cc(Cl)ccc3Cl)S(C)(=O)=O)ccc21. The van der Waals surface area contributed by atoms with Gasteiger partial charge in [-0.15, -0.1) is 0 Å². The molecule has 2 aromatic carbocycles. The lowest BCUT2D eigenvalue weighted by Gasteiger charge is -2.23. The molecule has 0 aliphatic heterocycles. The molecule has 1 heterocycles. The molecule has 11 heteroatoms. The maximum atomic E-state index is 12.4. The predicted octanol–water partition coefficient (Wildman–Crippen LogP) is 5.14. The van der Waals surface area contributed by atoms with E-state index in [0.29, 0.717) is 10.7 Å². The number of hydrogen-bond donors (Lipinski definition) is 1. The zero-order valence-corrected chi connectivity index (χ0v) is 20.9. The summed E-state index contributed by atoms with van der Waals surface area (Å²) in [6.45, 7) is 3.96. The molecule has 32 heavy (non-hydrogen) atoms. The maximum Gasteiger partial charge on any atom is 0.308 e. The van der Waals surface area contributed by atoms with Crippen LogP contribution in [-0.4, -0.2) is 31.7 Å². The molecule has 0 saturated heterocycles. The van der Waals surface area contributed by atoms with E-state index in [9.17, 15) is 18.0 Å². The summed E-state index contributed by atoms with van der Waals surface area (Å²) < 4.78 is 28.2. The second-order valence-corrected chi connectivity index (χ2v) is 11.3. The van der Waals surface area contributed by atoms with Gasteiger partial charge in [-0.25, -0.2) is 8.42 Å². The van der Waals surface area contributed by atoms with Crippen LogP contribution in [0.1, 0.15) is 32.7 Å². The van der Waals surface area contributed by atoms with Gasteiger partial charge in [-0.1, -0.05) is 34.5 Å². The molecule has 0 unspecified atom stereocenters. The van der Waals surface area contributed by atoms with E-state index in [-0.39, 0.29) is 46.9 Å². The Hall–Kier alpha value is -2.07. The molecule has 0 atom stereocenters. The Morgan fingerprint density at radius 3 is 2.56 bits per heavy atom. The first-order valence-corrected chi connectivity index (χ1v) is 13.3. The Balaban J connectivity index is 1.67. The Morgan fingerprint density at radius 1 is 1.19 bits per heavy atom. The smallest absolute Gasteiger partial charge is 0.308 e. The molecule has 0 saturated carbocycles. The van der Waals surface area contributed by atoms with Crippen molar-refractivity contribution >= 4 is 72.1 Å². The summed E-state index contributed by atoms with van der Waals surface area (Å²) in [6.07, 6.45) is 1.46. The van der Waals surface area contributed by atoms with E-state index in [1.807, 2.05) is 19.9 Å². The summed E-state index contributed by atoms with van der Waals surface area (Å²) in [6, 6.07) is 9.96. The standard InChI is InChI=1S/C21H23Cl2N3O4S2/c1-13(2)26-17-9-7-15(12-19(17)31-21(26)28)24-20(27)5-4-10-25(32(3,29)30)18-11-14(22)6-8-16(18)23/h6-9,11-13H,4-5,10H2,1-3H3,(H,24,27). The van der Waals surface area contributed by atoms with Crippen LogP contribution >= 0.6 is 34.5 Å². The van der Waals surface area contributed by atoms with Crippen LogP contribution in [0.4, 0.5) is 11.4 Å². The molecule has 1 aromatic heterocycles. The fourth-order valence-corrected chi connectivity index (χ4v) is 5.81. The molecule has 3 rings (SSSR count). The average molecular weight is 516 g/mol. The molecular weight excluding hydrogens is 493 g/mol. The maximum absolute atomic E-state index is 12.4. The number of thiazole rings is 1. The van der Waals surface area contributed by atoms with Gasteiger partial charge in [0.15, 0.2) is 0 Å². The third-order valence-electron chi connectivity index (χ3n) is 4.76. The van der Waals surface area contributed by atoms with Crippen LogP contribution in [0.5, 0.6) is 0 Å². The molecule has 1 N–H and O–H groups in total. The normalized spacial score (nSPS) is 11.8. The van der Waals surface area contributed by atoms with Crippen molar-refractivity contribution in [1.82, 2.24) is 4.57 Å². The third-order valence-corrected chi connectivity index (χ3v) is 7.41. The Bertz CT molecular complexity index is 1320. The highest BCUT2D eigenvalue weighted by Crippen LogP contribution is 2.31. The lowest BCUT2D eigenvalue weighted by Crippen LogP contribution is -2.31. The van der Waals surface area contributed by atoms with Gasteiger partial charge in [0.2, 0.25) is 15.9 Å². The molecule has 1 amide bonds. The number of carbonyl (C=O) groups excluding carboxylic acids is 1. The zero-order chi connectivity index (χ0) is 23.6. The molecule has 0 aliphatic carbocycles. The van der Waals surface area contributed by atoms with E-state index >= 15 is 0 Å². The summed E-state index contributed by atoms with van der Waals surface area (Å²) >= 11 is 13.3. The van der Waals surface area contributed by atoms with Crippen LogP contribution < -0.4 is 14.5 Å². The first kappa shape index (κ1) is 24.6. The minimum atomic E-state index is -3.62. The third kappa shape index (κ3) is 5.64. The number of rotatable bonds is 8. The summed E-state index contributed by atoms with van der Waals surface area (Å²) in [5.74, 6) is -0.259. The van der Waals surface area contributed by atoms with E-state index in [2.05, 4.69) is 5.32 Å². The van der Waals surface area contributed by atoms with E-state index in [1.165, 1.54) is 12.1 Å². The van der Waals surface area contributed by atoms with E-state index < -0.39 is 10.0 Å². The first-order valence-electron chi connectivity index (χ1n) is 9.85. The number of benzene rings is 2. The van der Waals surface area contributed by atoms with Crippen LogP contribution in [0, 0.1) is 0 Å². The minimum Gasteiger partial charge on any atom is -0.326 e. The number of aromatic nitrogens is 1. The molecule has 0 radical (unpaired) electrons. The van der Waals surface area contributed by atoms with Crippen LogP contribution in [0.25, 0.3) is 10.2 Å². The van der Waals surface area contributed by atoms with Crippen molar-refractivity contribution in [2.24, 2.45) is 0 Å². The minimum absolute atomic E-state index is 0.0426. The van der Waals surface area contributed by atoms with E-state index in [4.69, 9.17) is 23.2 Å². The highest BCUT2D eigenvalue weighted by Gasteiger charge is 2.20. The number of nitrogens with zero attached hydrogens (tertiary/aromatic N) is 2. The molecule has 0 bridgehead atoms. The summed E-state index contributed by atoms with van der Waals surface area (Å²) in [5, 5.41) is 3.42. The fourth-order valence-electron chi connectivity index (χ4n) is 3.35. The fraction of sp³-hybridized carbons (Fsp3) is 0.333. The largest absolute Gasteiger partial charge is 0.326 e. The number of anilines is 2. The van der Waals surface area contributed by atoms with Crippen molar-refractivity contribution in [3.05, 3.63) is 56.1 Å². The van der Waals surface area contributed by atoms with Crippen molar-refractivity contribution in [2.45, 2.75) is 32.7 Å². The number of nitrogens with one attached hydrogen (secondary N) is 1. The number of fused-ring (bicyclic) bond motifs is 1. The van der Waals surface area contributed by atoms with Crippen LogP contribution in [-0.2, 0) is 14.8 Å². The second-order valence-electron chi connectivity index (χ2n) is 7.60. The van der Waals surface area contributed by atoms with Crippen LogP contribution in [0.2, 0.25) is 10.0 Å². The summed E-state index contributed by atoms with van der Waals surface area (Å²) in [7, 11) is -3.62. The van der Waals surface area contributed by atoms with Gasteiger partial charge < -0.3 is 5.32 Å². The molecular formula is C21H23Cl2N3O4S2. The van der Waals surface area contributed by atoms with Gasteiger partial charge in [0.25, 0.3) is 0 Å². The van der Waals surface area contributed by atoms with Gasteiger partial charge in [0.05, 0.1) is 27.2 Å². The lowest BCUT2D eigenvalue weighted by molar-refractivity contribution is -0.116. The highest BCUT2D eigenvalue weighted by molar-refractivity contribution is 7.92. The van der Waals surface area contributed by atoms with E-state index in [0.717, 1.165) is 32.1 Å². The first-order chi connectivity index (χ1) is 15.0. The Labute approximate surface area is 200 Å². The van der Waals surface area contributed by atoms with E-state index in [1.54, 1.807) is 22.8 Å². The number of hydrogen-bond acceptors (Lipinski definition) is 5. The monoisotopic (exact) mass is 515 g/mol. The molecule has 0 aliphatic rings.